The van der Waals surface area contributed by atoms with Gasteiger partial charge in [0.05, 0.1) is 35.2 Å². The second-order valence-electron chi connectivity index (χ2n) is 13.2. The van der Waals surface area contributed by atoms with Crippen molar-refractivity contribution in [2.45, 2.75) is 119 Å². The van der Waals surface area contributed by atoms with Crippen LogP contribution in [0.3, 0.4) is 0 Å². The zero-order chi connectivity index (χ0) is 30.6. The standard InChI is InChI=1S/C37H50ClN3/c1-21(2)27-13-32(23(5)6)36(33(14-27)24(7)8)39-19-30-17-29(38)18-31(41-30)20-40-37-34(25(9)10)15-28(22(3)4)16-35(37)26(11)12/h13-26H,1-12H3. The van der Waals surface area contributed by atoms with Gasteiger partial charge in [-0.05, 0) is 81.0 Å². The molecule has 0 spiro atoms. The van der Waals surface area contributed by atoms with Crippen molar-refractivity contribution in [2.75, 3.05) is 0 Å². The van der Waals surface area contributed by atoms with E-state index in [2.05, 4.69) is 107 Å². The normalized spacial score (nSPS) is 12.7. The molecule has 0 atom stereocenters. The SMILES string of the molecule is CC(C)c1cc(C(C)C)c(N=Cc2cc(Cl)cc(C=Nc3c(C(C)C)cc(C(C)C)cc3C(C)C)n2)c(C(C)C)c1. The third-order valence-corrected chi connectivity index (χ3v) is 7.90. The van der Waals surface area contributed by atoms with Crippen LogP contribution in [0, 0.1) is 0 Å². The Morgan fingerprint density at radius 3 is 1.02 bits per heavy atom. The van der Waals surface area contributed by atoms with Gasteiger partial charge in [0.2, 0.25) is 0 Å². The van der Waals surface area contributed by atoms with Crippen molar-refractivity contribution in [2.24, 2.45) is 9.98 Å². The monoisotopic (exact) mass is 571 g/mol. The van der Waals surface area contributed by atoms with Crippen molar-refractivity contribution in [3.8, 4) is 0 Å². The molecule has 0 saturated heterocycles. The Balaban J connectivity index is 2.08. The molecule has 0 aliphatic rings. The summed E-state index contributed by atoms with van der Waals surface area (Å²) in [4.78, 5) is 14.9. The van der Waals surface area contributed by atoms with E-state index in [1.807, 2.05) is 24.6 Å². The molecule has 41 heavy (non-hydrogen) atoms. The first kappa shape index (κ1) is 32.7. The quantitative estimate of drug-likeness (QED) is 0.223. The Hall–Kier alpha value is -2.78. The topological polar surface area (TPSA) is 37.6 Å². The number of aromatic nitrogens is 1. The van der Waals surface area contributed by atoms with E-state index in [0.29, 0.717) is 40.5 Å². The maximum absolute atomic E-state index is 6.59. The number of nitrogens with zero attached hydrogens (tertiary/aromatic N) is 3. The van der Waals surface area contributed by atoms with E-state index in [-0.39, 0.29) is 0 Å². The molecule has 0 bridgehead atoms. The fourth-order valence-corrected chi connectivity index (χ4v) is 5.29. The van der Waals surface area contributed by atoms with Crippen LogP contribution in [0.2, 0.25) is 5.02 Å². The summed E-state index contributed by atoms with van der Waals surface area (Å²) in [6, 6.07) is 13.0. The molecule has 0 unspecified atom stereocenters. The van der Waals surface area contributed by atoms with Gasteiger partial charge >= 0.3 is 0 Å². The van der Waals surface area contributed by atoms with E-state index in [4.69, 9.17) is 26.6 Å². The molecule has 0 aliphatic heterocycles. The molecular formula is C37H50ClN3. The van der Waals surface area contributed by atoms with Crippen molar-refractivity contribution in [1.82, 2.24) is 4.98 Å². The number of hydrogen-bond donors (Lipinski definition) is 0. The van der Waals surface area contributed by atoms with Crippen LogP contribution in [0.4, 0.5) is 11.4 Å². The van der Waals surface area contributed by atoms with Gasteiger partial charge in [0.25, 0.3) is 0 Å². The molecule has 1 aromatic heterocycles. The fraction of sp³-hybridized carbons (Fsp3) is 0.486. The summed E-state index contributed by atoms with van der Waals surface area (Å²) < 4.78 is 0. The van der Waals surface area contributed by atoms with E-state index in [9.17, 15) is 0 Å². The Kier molecular flexibility index (Phi) is 11.1. The molecule has 2 aromatic carbocycles. The van der Waals surface area contributed by atoms with Gasteiger partial charge in [-0.15, -0.1) is 0 Å². The molecule has 0 aliphatic carbocycles. The molecule has 0 N–H and O–H groups in total. The van der Waals surface area contributed by atoms with Crippen LogP contribution in [-0.2, 0) is 0 Å². The Labute approximate surface area is 254 Å². The fourth-order valence-electron chi connectivity index (χ4n) is 5.07. The van der Waals surface area contributed by atoms with E-state index >= 15 is 0 Å². The van der Waals surface area contributed by atoms with Gasteiger partial charge in [-0.2, -0.15) is 0 Å². The van der Waals surface area contributed by atoms with Crippen LogP contribution >= 0.6 is 11.6 Å². The maximum Gasteiger partial charge on any atom is 0.0835 e. The molecule has 3 rings (SSSR count). The first-order valence-corrected chi connectivity index (χ1v) is 15.7. The van der Waals surface area contributed by atoms with E-state index in [1.165, 1.54) is 33.4 Å². The average molecular weight is 572 g/mol. The summed E-state index contributed by atoms with van der Waals surface area (Å²) >= 11 is 6.59. The number of rotatable bonds is 10. The minimum absolute atomic E-state index is 0.362. The molecule has 220 valence electrons. The molecule has 0 fully saturated rings. The van der Waals surface area contributed by atoms with Gasteiger partial charge in [-0.1, -0.05) is 119 Å². The third kappa shape index (κ3) is 8.16. The lowest BCUT2D eigenvalue weighted by molar-refractivity contribution is 0.805. The highest BCUT2D eigenvalue weighted by Crippen LogP contribution is 2.39. The molecule has 3 aromatic rings. The summed E-state index contributed by atoms with van der Waals surface area (Å²) in [6.45, 7) is 26.9. The molecular weight excluding hydrogens is 522 g/mol. The third-order valence-electron chi connectivity index (χ3n) is 7.69. The van der Waals surface area contributed by atoms with Crippen LogP contribution in [0.25, 0.3) is 0 Å². The minimum atomic E-state index is 0.362. The Bertz CT molecular complexity index is 1250. The van der Waals surface area contributed by atoms with E-state index in [0.717, 1.165) is 22.8 Å². The van der Waals surface area contributed by atoms with Crippen LogP contribution in [0.15, 0.2) is 46.4 Å². The number of pyridine rings is 1. The molecule has 0 radical (unpaired) electrons. The predicted molar refractivity (Wildman–Crippen MR) is 181 cm³/mol. The average Bonchev–Trinajstić information content (AvgIpc) is 2.88. The maximum atomic E-state index is 6.59. The van der Waals surface area contributed by atoms with Gasteiger partial charge in [-0.25, -0.2) is 4.98 Å². The van der Waals surface area contributed by atoms with Crippen LogP contribution < -0.4 is 0 Å². The highest BCUT2D eigenvalue weighted by molar-refractivity contribution is 6.31. The minimum Gasteiger partial charge on any atom is -0.254 e. The Morgan fingerprint density at radius 2 is 0.780 bits per heavy atom. The van der Waals surface area contributed by atoms with Crippen molar-refractivity contribution in [3.05, 3.63) is 86.2 Å². The van der Waals surface area contributed by atoms with Gasteiger partial charge < -0.3 is 0 Å². The van der Waals surface area contributed by atoms with Crippen LogP contribution in [-0.4, -0.2) is 17.4 Å². The largest absolute Gasteiger partial charge is 0.254 e. The first-order valence-electron chi connectivity index (χ1n) is 15.3. The number of aliphatic imine (C=N–C) groups is 2. The van der Waals surface area contributed by atoms with Gasteiger partial charge in [0.15, 0.2) is 0 Å². The number of benzene rings is 2. The van der Waals surface area contributed by atoms with Gasteiger partial charge in [0, 0.05) is 5.02 Å². The highest BCUT2D eigenvalue weighted by atomic mass is 35.5. The van der Waals surface area contributed by atoms with Crippen molar-refractivity contribution in [1.29, 1.82) is 0 Å². The van der Waals surface area contributed by atoms with Crippen molar-refractivity contribution >= 4 is 35.4 Å². The second kappa shape index (κ2) is 13.9. The molecule has 0 amide bonds. The Morgan fingerprint density at radius 1 is 0.488 bits per heavy atom. The number of halogens is 1. The zero-order valence-electron chi connectivity index (χ0n) is 27.3. The first-order chi connectivity index (χ1) is 19.2. The molecule has 1 heterocycles. The second-order valence-corrected chi connectivity index (χ2v) is 13.6. The zero-order valence-corrected chi connectivity index (χ0v) is 28.1. The summed E-state index contributed by atoms with van der Waals surface area (Å²) in [6.07, 6.45) is 3.70. The molecule has 0 saturated carbocycles. The summed E-state index contributed by atoms with van der Waals surface area (Å²) in [5.74, 6) is 2.38. The molecule has 3 nitrogen and oxygen atoms in total. The van der Waals surface area contributed by atoms with Crippen molar-refractivity contribution < 1.29 is 0 Å². The summed E-state index contributed by atoms with van der Waals surface area (Å²) in [5.41, 5.74) is 11.3. The highest BCUT2D eigenvalue weighted by Gasteiger charge is 2.18. The van der Waals surface area contributed by atoms with Gasteiger partial charge in [-0.3, -0.25) is 9.98 Å². The lowest BCUT2D eigenvalue weighted by atomic mass is 9.87. The van der Waals surface area contributed by atoms with Crippen LogP contribution in [0.1, 0.15) is 163 Å². The van der Waals surface area contributed by atoms with E-state index < -0.39 is 0 Å². The summed E-state index contributed by atoms with van der Waals surface area (Å²) in [5, 5.41) is 0.620. The lowest BCUT2D eigenvalue weighted by Gasteiger charge is -2.20. The molecule has 4 heteroatoms. The predicted octanol–water partition coefficient (Wildman–Crippen LogP) is 12.0. The van der Waals surface area contributed by atoms with Crippen molar-refractivity contribution in [3.63, 3.8) is 0 Å². The van der Waals surface area contributed by atoms with Gasteiger partial charge in [0.1, 0.15) is 0 Å². The smallest absolute Gasteiger partial charge is 0.0835 e. The lowest BCUT2D eigenvalue weighted by Crippen LogP contribution is -2.01. The number of hydrogen-bond acceptors (Lipinski definition) is 3. The van der Waals surface area contributed by atoms with Crippen LogP contribution in [0.5, 0.6) is 0 Å². The van der Waals surface area contributed by atoms with E-state index in [1.54, 1.807) is 0 Å². The summed E-state index contributed by atoms with van der Waals surface area (Å²) in [7, 11) is 0.